The fraction of sp³-hybridized carbons (Fsp3) is 0.727. The van der Waals surface area contributed by atoms with Crippen molar-refractivity contribution in [3.05, 3.63) is 12.4 Å². The number of hydrogen-bond donors (Lipinski definition) is 1. The molecule has 0 radical (unpaired) electrons. The van der Waals surface area contributed by atoms with E-state index in [1.165, 1.54) is 0 Å². The lowest BCUT2D eigenvalue weighted by Crippen LogP contribution is -2.29. The highest BCUT2D eigenvalue weighted by Crippen LogP contribution is 2.09. The van der Waals surface area contributed by atoms with E-state index in [1.807, 2.05) is 24.0 Å². The van der Waals surface area contributed by atoms with Crippen molar-refractivity contribution in [1.29, 1.82) is 0 Å². The van der Waals surface area contributed by atoms with Crippen LogP contribution < -0.4 is 5.32 Å². The van der Waals surface area contributed by atoms with Crippen molar-refractivity contribution >= 4 is 5.69 Å². The van der Waals surface area contributed by atoms with Gasteiger partial charge in [-0.2, -0.15) is 5.10 Å². The largest absolute Gasteiger partial charge is 0.383 e. The molecule has 0 aliphatic carbocycles. The third-order valence-electron chi connectivity index (χ3n) is 2.63. The Kier molecular flexibility index (Phi) is 5.28. The summed E-state index contributed by atoms with van der Waals surface area (Å²) in [6.07, 6.45) is 3.95. The zero-order chi connectivity index (χ0) is 12.0. The Morgan fingerprint density at radius 2 is 2.19 bits per heavy atom. The van der Waals surface area contributed by atoms with Crippen molar-refractivity contribution in [3.63, 3.8) is 0 Å². The number of ether oxygens (including phenoxy) is 2. The molecule has 0 bridgehead atoms. The van der Waals surface area contributed by atoms with Gasteiger partial charge >= 0.3 is 0 Å². The molecule has 1 aromatic rings. The second-order valence-corrected chi connectivity index (χ2v) is 3.86. The SMILES string of the molecule is COCCn1cc(NC(C)C(C)OC)cn1. The first-order valence-electron chi connectivity index (χ1n) is 5.48. The van der Waals surface area contributed by atoms with E-state index >= 15 is 0 Å². The first kappa shape index (κ1) is 13.0. The van der Waals surface area contributed by atoms with Crippen LogP contribution in [0.25, 0.3) is 0 Å². The van der Waals surface area contributed by atoms with Gasteiger partial charge in [-0.1, -0.05) is 0 Å². The molecule has 0 fully saturated rings. The topological polar surface area (TPSA) is 48.3 Å². The zero-order valence-corrected chi connectivity index (χ0v) is 10.4. The molecule has 1 N–H and O–H groups in total. The van der Waals surface area contributed by atoms with Crippen molar-refractivity contribution < 1.29 is 9.47 Å². The smallest absolute Gasteiger partial charge is 0.0741 e. The number of rotatable bonds is 7. The lowest BCUT2D eigenvalue weighted by molar-refractivity contribution is 0.106. The monoisotopic (exact) mass is 227 g/mol. The van der Waals surface area contributed by atoms with Gasteiger partial charge in [0.15, 0.2) is 0 Å². The van der Waals surface area contributed by atoms with Gasteiger partial charge in [-0.05, 0) is 13.8 Å². The van der Waals surface area contributed by atoms with E-state index in [0.29, 0.717) is 6.61 Å². The van der Waals surface area contributed by atoms with Crippen molar-refractivity contribution in [2.45, 2.75) is 32.5 Å². The summed E-state index contributed by atoms with van der Waals surface area (Å²) < 4.78 is 12.1. The van der Waals surface area contributed by atoms with Crippen LogP contribution >= 0.6 is 0 Å². The van der Waals surface area contributed by atoms with Gasteiger partial charge in [0.2, 0.25) is 0 Å². The molecule has 16 heavy (non-hydrogen) atoms. The van der Waals surface area contributed by atoms with Crippen LogP contribution in [0.15, 0.2) is 12.4 Å². The van der Waals surface area contributed by atoms with Gasteiger partial charge in [0, 0.05) is 26.5 Å². The standard InChI is InChI=1S/C11H21N3O2/c1-9(10(2)16-4)13-11-7-12-14(8-11)5-6-15-3/h7-10,13H,5-6H2,1-4H3. The second-order valence-electron chi connectivity index (χ2n) is 3.86. The summed E-state index contributed by atoms with van der Waals surface area (Å²) in [4.78, 5) is 0. The molecule has 0 saturated carbocycles. The van der Waals surface area contributed by atoms with Crippen molar-refractivity contribution in [1.82, 2.24) is 9.78 Å². The summed E-state index contributed by atoms with van der Waals surface area (Å²) in [5.74, 6) is 0. The average Bonchev–Trinajstić information content (AvgIpc) is 2.72. The summed E-state index contributed by atoms with van der Waals surface area (Å²) >= 11 is 0. The minimum absolute atomic E-state index is 0.169. The van der Waals surface area contributed by atoms with Crippen LogP contribution in [0.5, 0.6) is 0 Å². The van der Waals surface area contributed by atoms with Gasteiger partial charge < -0.3 is 14.8 Å². The molecule has 5 nitrogen and oxygen atoms in total. The van der Waals surface area contributed by atoms with Gasteiger partial charge in [0.1, 0.15) is 0 Å². The third kappa shape index (κ3) is 3.83. The molecule has 0 spiro atoms. The van der Waals surface area contributed by atoms with Gasteiger partial charge in [-0.3, -0.25) is 4.68 Å². The van der Waals surface area contributed by atoms with Gasteiger partial charge in [0.25, 0.3) is 0 Å². The highest BCUT2D eigenvalue weighted by atomic mass is 16.5. The number of nitrogens with zero attached hydrogens (tertiary/aromatic N) is 2. The molecule has 2 unspecified atom stereocenters. The van der Waals surface area contributed by atoms with Crippen LogP contribution in [0.1, 0.15) is 13.8 Å². The van der Waals surface area contributed by atoms with Crippen LogP contribution in [0.2, 0.25) is 0 Å². The Morgan fingerprint density at radius 1 is 1.44 bits per heavy atom. The van der Waals surface area contributed by atoms with Gasteiger partial charge in [-0.15, -0.1) is 0 Å². The zero-order valence-electron chi connectivity index (χ0n) is 10.4. The Bertz CT molecular complexity index is 301. The predicted molar refractivity (Wildman–Crippen MR) is 63.7 cm³/mol. The van der Waals surface area contributed by atoms with Crippen LogP contribution in [-0.2, 0) is 16.0 Å². The normalized spacial score (nSPS) is 14.8. The minimum atomic E-state index is 0.169. The number of anilines is 1. The van der Waals surface area contributed by atoms with Gasteiger partial charge in [0.05, 0.1) is 31.1 Å². The van der Waals surface area contributed by atoms with E-state index in [9.17, 15) is 0 Å². The molecule has 0 aliphatic rings. The molecule has 2 atom stereocenters. The lowest BCUT2D eigenvalue weighted by Gasteiger charge is -2.19. The molecule has 0 aliphatic heterocycles. The molecule has 0 amide bonds. The molecule has 1 heterocycles. The van der Waals surface area contributed by atoms with Crippen LogP contribution in [0, 0.1) is 0 Å². The Hall–Kier alpha value is -1.07. The van der Waals surface area contributed by atoms with E-state index in [0.717, 1.165) is 12.2 Å². The number of aromatic nitrogens is 2. The van der Waals surface area contributed by atoms with E-state index < -0.39 is 0 Å². The molecular formula is C11H21N3O2. The van der Waals surface area contributed by atoms with E-state index in [2.05, 4.69) is 17.3 Å². The number of methoxy groups -OCH3 is 2. The predicted octanol–water partition coefficient (Wildman–Crippen LogP) is 1.36. The van der Waals surface area contributed by atoms with E-state index in [4.69, 9.17) is 9.47 Å². The average molecular weight is 227 g/mol. The minimum Gasteiger partial charge on any atom is -0.383 e. The molecule has 1 rings (SSSR count). The number of nitrogens with one attached hydrogen (secondary N) is 1. The Balaban J connectivity index is 2.45. The molecule has 0 aromatic carbocycles. The molecule has 5 heteroatoms. The first-order valence-corrected chi connectivity index (χ1v) is 5.48. The van der Waals surface area contributed by atoms with E-state index in [1.54, 1.807) is 14.2 Å². The van der Waals surface area contributed by atoms with Crippen molar-refractivity contribution in [3.8, 4) is 0 Å². The lowest BCUT2D eigenvalue weighted by atomic mass is 10.2. The number of hydrogen-bond acceptors (Lipinski definition) is 4. The maximum absolute atomic E-state index is 5.25. The quantitative estimate of drug-likeness (QED) is 0.764. The Morgan fingerprint density at radius 3 is 2.81 bits per heavy atom. The summed E-state index contributed by atoms with van der Waals surface area (Å²) in [6, 6.07) is 0.255. The van der Waals surface area contributed by atoms with Gasteiger partial charge in [-0.25, -0.2) is 0 Å². The maximum Gasteiger partial charge on any atom is 0.0741 e. The summed E-state index contributed by atoms with van der Waals surface area (Å²) in [5.41, 5.74) is 1.01. The van der Waals surface area contributed by atoms with Crippen molar-refractivity contribution in [2.75, 3.05) is 26.1 Å². The highest BCUT2D eigenvalue weighted by Gasteiger charge is 2.11. The highest BCUT2D eigenvalue weighted by molar-refractivity contribution is 5.39. The molecule has 92 valence electrons. The fourth-order valence-corrected chi connectivity index (χ4v) is 1.33. The van der Waals surface area contributed by atoms with Crippen LogP contribution in [0.4, 0.5) is 5.69 Å². The summed E-state index contributed by atoms with van der Waals surface area (Å²) in [6.45, 7) is 5.56. The fourth-order valence-electron chi connectivity index (χ4n) is 1.33. The first-order chi connectivity index (χ1) is 7.67. The second kappa shape index (κ2) is 6.50. The molecule has 1 aromatic heterocycles. The van der Waals surface area contributed by atoms with E-state index in [-0.39, 0.29) is 12.1 Å². The Labute approximate surface area is 96.7 Å². The van der Waals surface area contributed by atoms with Crippen LogP contribution in [0.3, 0.4) is 0 Å². The van der Waals surface area contributed by atoms with Crippen LogP contribution in [-0.4, -0.2) is 42.8 Å². The molecule has 0 saturated heterocycles. The third-order valence-corrected chi connectivity index (χ3v) is 2.63. The van der Waals surface area contributed by atoms with Crippen molar-refractivity contribution in [2.24, 2.45) is 0 Å². The summed E-state index contributed by atoms with van der Waals surface area (Å²) in [7, 11) is 3.40. The maximum atomic E-state index is 5.25. The summed E-state index contributed by atoms with van der Waals surface area (Å²) in [5, 5.41) is 7.57. The molecular weight excluding hydrogens is 206 g/mol.